The van der Waals surface area contributed by atoms with Crippen molar-refractivity contribution in [3.63, 3.8) is 0 Å². The highest BCUT2D eigenvalue weighted by molar-refractivity contribution is 4.90. The lowest BCUT2D eigenvalue weighted by molar-refractivity contribution is 0.227. The van der Waals surface area contributed by atoms with E-state index in [1.165, 1.54) is 25.7 Å². The van der Waals surface area contributed by atoms with Crippen molar-refractivity contribution in [1.29, 1.82) is 0 Å². The molecule has 0 amide bonds. The molecule has 1 saturated carbocycles. The van der Waals surface area contributed by atoms with Gasteiger partial charge in [-0.1, -0.05) is 19.3 Å². The molecule has 1 aliphatic rings. The predicted molar refractivity (Wildman–Crippen MR) is 65.4 cm³/mol. The van der Waals surface area contributed by atoms with E-state index >= 15 is 0 Å². The van der Waals surface area contributed by atoms with E-state index in [9.17, 15) is 0 Å². The SMILES string of the molecule is C#CCN(CCC)CC1CCCC1CN. The van der Waals surface area contributed by atoms with Crippen molar-refractivity contribution in [2.75, 3.05) is 26.2 Å². The molecule has 0 radical (unpaired) electrons. The van der Waals surface area contributed by atoms with E-state index < -0.39 is 0 Å². The molecule has 2 N–H and O–H groups in total. The molecule has 15 heavy (non-hydrogen) atoms. The Kier molecular flexibility index (Phi) is 5.75. The molecule has 0 aromatic heterocycles. The van der Waals surface area contributed by atoms with Gasteiger partial charge in [-0.25, -0.2) is 0 Å². The first-order valence-corrected chi connectivity index (χ1v) is 6.17. The monoisotopic (exact) mass is 208 g/mol. The number of nitrogens with zero attached hydrogens (tertiary/aromatic N) is 1. The molecule has 0 spiro atoms. The molecule has 1 rings (SSSR count). The maximum Gasteiger partial charge on any atom is 0.0599 e. The molecule has 2 nitrogen and oxygen atoms in total. The van der Waals surface area contributed by atoms with Crippen LogP contribution in [-0.2, 0) is 0 Å². The van der Waals surface area contributed by atoms with Gasteiger partial charge in [0.25, 0.3) is 0 Å². The van der Waals surface area contributed by atoms with Gasteiger partial charge in [0.2, 0.25) is 0 Å². The van der Waals surface area contributed by atoms with Crippen molar-refractivity contribution in [2.24, 2.45) is 17.6 Å². The summed E-state index contributed by atoms with van der Waals surface area (Å²) >= 11 is 0. The van der Waals surface area contributed by atoms with Crippen LogP contribution in [0.1, 0.15) is 32.6 Å². The van der Waals surface area contributed by atoms with Gasteiger partial charge in [-0.2, -0.15) is 0 Å². The van der Waals surface area contributed by atoms with Gasteiger partial charge in [-0.15, -0.1) is 6.42 Å². The van der Waals surface area contributed by atoms with E-state index in [0.717, 1.165) is 38.0 Å². The molecule has 0 aliphatic heterocycles. The van der Waals surface area contributed by atoms with Crippen molar-refractivity contribution >= 4 is 0 Å². The van der Waals surface area contributed by atoms with Gasteiger partial charge >= 0.3 is 0 Å². The molecule has 0 bridgehead atoms. The first kappa shape index (κ1) is 12.5. The smallest absolute Gasteiger partial charge is 0.0599 e. The van der Waals surface area contributed by atoms with Crippen molar-refractivity contribution in [3.05, 3.63) is 0 Å². The third-order valence-electron chi connectivity index (χ3n) is 3.47. The third-order valence-corrected chi connectivity index (χ3v) is 3.47. The molecule has 2 atom stereocenters. The molecule has 1 fully saturated rings. The molecule has 2 unspecified atom stereocenters. The average molecular weight is 208 g/mol. The second-order valence-electron chi connectivity index (χ2n) is 4.63. The lowest BCUT2D eigenvalue weighted by Crippen LogP contribution is -2.34. The summed E-state index contributed by atoms with van der Waals surface area (Å²) in [6, 6.07) is 0. The summed E-state index contributed by atoms with van der Waals surface area (Å²) in [6.07, 6.45) is 10.6. The number of hydrogen-bond acceptors (Lipinski definition) is 2. The van der Waals surface area contributed by atoms with E-state index in [4.69, 9.17) is 12.2 Å². The fourth-order valence-electron chi connectivity index (χ4n) is 2.68. The Morgan fingerprint density at radius 3 is 2.73 bits per heavy atom. The van der Waals surface area contributed by atoms with Gasteiger partial charge in [0.05, 0.1) is 6.54 Å². The average Bonchev–Trinajstić information content (AvgIpc) is 2.66. The Morgan fingerprint density at radius 1 is 1.40 bits per heavy atom. The minimum Gasteiger partial charge on any atom is -0.330 e. The maximum atomic E-state index is 5.79. The summed E-state index contributed by atoms with van der Waals surface area (Å²) in [5, 5.41) is 0. The lowest BCUT2D eigenvalue weighted by atomic mass is 9.95. The van der Waals surface area contributed by atoms with Crippen LogP contribution in [0.25, 0.3) is 0 Å². The zero-order chi connectivity index (χ0) is 11.1. The topological polar surface area (TPSA) is 29.3 Å². The number of rotatable bonds is 6. The van der Waals surface area contributed by atoms with Gasteiger partial charge in [0, 0.05) is 6.54 Å². The molecule has 0 heterocycles. The Morgan fingerprint density at radius 2 is 2.13 bits per heavy atom. The molecule has 0 saturated heterocycles. The highest BCUT2D eigenvalue weighted by Gasteiger charge is 2.27. The largest absolute Gasteiger partial charge is 0.330 e. The normalized spacial score (nSPS) is 25.7. The van der Waals surface area contributed by atoms with Crippen molar-refractivity contribution in [1.82, 2.24) is 4.90 Å². The van der Waals surface area contributed by atoms with Crippen LogP contribution in [0.3, 0.4) is 0 Å². The summed E-state index contributed by atoms with van der Waals surface area (Å²) in [7, 11) is 0. The second-order valence-corrected chi connectivity index (χ2v) is 4.63. The zero-order valence-corrected chi connectivity index (χ0v) is 9.91. The molecular weight excluding hydrogens is 184 g/mol. The van der Waals surface area contributed by atoms with Crippen LogP contribution < -0.4 is 5.73 Å². The first-order valence-electron chi connectivity index (χ1n) is 6.17. The van der Waals surface area contributed by atoms with Gasteiger partial charge in [-0.05, 0) is 44.2 Å². The van der Waals surface area contributed by atoms with Crippen LogP contribution in [0.4, 0.5) is 0 Å². The van der Waals surface area contributed by atoms with Crippen LogP contribution in [0.2, 0.25) is 0 Å². The van der Waals surface area contributed by atoms with E-state index in [1.807, 2.05) is 0 Å². The highest BCUT2D eigenvalue weighted by atomic mass is 15.1. The van der Waals surface area contributed by atoms with E-state index in [0.29, 0.717) is 0 Å². The van der Waals surface area contributed by atoms with E-state index in [1.54, 1.807) is 0 Å². The summed E-state index contributed by atoms with van der Waals surface area (Å²) < 4.78 is 0. The van der Waals surface area contributed by atoms with Gasteiger partial charge < -0.3 is 5.73 Å². The molecular formula is C13H24N2. The fraction of sp³-hybridized carbons (Fsp3) is 0.846. The van der Waals surface area contributed by atoms with Crippen LogP contribution in [0.5, 0.6) is 0 Å². The Bertz CT molecular complexity index is 207. The minimum atomic E-state index is 0.738. The van der Waals surface area contributed by atoms with Crippen molar-refractivity contribution in [2.45, 2.75) is 32.6 Å². The number of hydrogen-bond donors (Lipinski definition) is 1. The first-order chi connectivity index (χ1) is 7.31. The summed E-state index contributed by atoms with van der Waals surface area (Å²) in [6.45, 7) is 6.12. The maximum absolute atomic E-state index is 5.79. The van der Waals surface area contributed by atoms with Crippen molar-refractivity contribution in [3.8, 4) is 12.3 Å². The summed E-state index contributed by atoms with van der Waals surface area (Å²) in [5.41, 5.74) is 5.79. The minimum absolute atomic E-state index is 0.738. The van der Waals surface area contributed by atoms with Gasteiger partial charge in [0.15, 0.2) is 0 Å². The zero-order valence-electron chi connectivity index (χ0n) is 9.91. The highest BCUT2D eigenvalue weighted by Crippen LogP contribution is 2.31. The van der Waals surface area contributed by atoms with Gasteiger partial charge in [-0.3, -0.25) is 4.90 Å². The molecule has 1 aliphatic carbocycles. The lowest BCUT2D eigenvalue weighted by Gasteiger charge is -2.26. The van der Waals surface area contributed by atoms with E-state index in [-0.39, 0.29) is 0 Å². The summed E-state index contributed by atoms with van der Waals surface area (Å²) in [5.74, 6) is 4.28. The van der Waals surface area contributed by atoms with Crippen LogP contribution in [0.15, 0.2) is 0 Å². The van der Waals surface area contributed by atoms with Crippen molar-refractivity contribution < 1.29 is 0 Å². The van der Waals surface area contributed by atoms with Crippen LogP contribution in [0, 0.1) is 24.2 Å². The van der Waals surface area contributed by atoms with Crippen LogP contribution >= 0.6 is 0 Å². The molecule has 0 aromatic carbocycles. The van der Waals surface area contributed by atoms with Gasteiger partial charge in [0.1, 0.15) is 0 Å². The Balaban J connectivity index is 2.39. The third kappa shape index (κ3) is 3.85. The Hall–Kier alpha value is -0.520. The molecule has 2 heteroatoms. The van der Waals surface area contributed by atoms with E-state index in [2.05, 4.69) is 17.7 Å². The Labute approximate surface area is 94.2 Å². The molecule has 0 aromatic rings. The summed E-state index contributed by atoms with van der Waals surface area (Å²) in [4.78, 5) is 2.40. The predicted octanol–water partition coefficient (Wildman–Crippen LogP) is 1.71. The molecule has 86 valence electrons. The number of nitrogens with two attached hydrogens (primary N) is 1. The standard InChI is InChI=1S/C13H24N2/c1-3-8-15(9-4-2)11-13-7-5-6-12(13)10-14/h1,12-13H,4-11,14H2,2H3. The fourth-order valence-corrected chi connectivity index (χ4v) is 2.68. The quantitative estimate of drug-likeness (QED) is 0.673. The van der Waals surface area contributed by atoms with Crippen LogP contribution in [-0.4, -0.2) is 31.1 Å². The second kappa shape index (κ2) is 6.87. The number of terminal acetylenes is 1.